The second kappa shape index (κ2) is 9.46. The van der Waals surface area contributed by atoms with Gasteiger partial charge in [0.25, 0.3) is 5.91 Å². The van der Waals surface area contributed by atoms with Gasteiger partial charge in [-0.3, -0.25) is 4.79 Å². The van der Waals surface area contributed by atoms with Crippen LogP contribution >= 0.6 is 0 Å². The fourth-order valence-electron chi connectivity index (χ4n) is 4.92. The molecule has 9 heteroatoms. The summed E-state index contributed by atoms with van der Waals surface area (Å²) >= 11 is 0. The highest BCUT2D eigenvalue weighted by Crippen LogP contribution is 2.32. The van der Waals surface area contributed by atoms with Crippen LogP contribution in [0.15, 0.2) is 29.2 Å². The van der Waals surface area contributed by atoms with Crippen molar-refractivity contribution in [2.24, 2.45) is 7.05 Å². The molecule has 1 amide bonds. The summed E-state index contributed by atoms with van der Waals surface area (Å²) in [4.78, 5) is 17.3. The minimum absolute atomic E-state index is 0.121. The second-order valence-electron chi connectivity index (χ2n) is 8.98. The maximum Gasteiger partial charge on any atom is 0.257 e. The summed E-state index contributed by atoms with van der Waals surface area (Å²) in [6.07, 6.45) is 4.06. The molecular formula is C24H33FN4O3S. The molecule has 180 valence electrons. The van der Waals surface area contributed by atoms with E-state index in [-0.39, 0.29) is 29.7 Å². The van der Waals surface area contributed by atoms with E-state index in [0.29, 0.717) is 48.8 Å². The van der Waals surface area contributed by atoms with E-state index in [2.05, 4.69) is 0 Å². The molecule has 33 heavy (non-hydrogen) atoms. The van der Waals surface area contributed by atoms with Gasteiger partial charge in [0.15, 0.2) is 0 Å². The molecule has 0 spiro atoms. The Hall–Kier alpha value is -2.39. The van der Waals surface area contributed by atoms with E-state index in [1.807, 2.05) is 16.7 Å². The van der Waals surface area contributed by atoms with Gasteiger partial charge in [0.1, 0.15) is 10.7 Å². The fourth-order valence-corrected chi connectivity index (χ4v) is 6.83. The molecule has 0 radical (unpaired) electrons. The van der Waals surface area contributed by atoms with Gasteiger partial charge < -0.3 is 14.4 Å². The molecule has 0 aliphatic carbocycles. The molecule has 7 nitrogen and oxygen atoms in total. The Morgan fingerprint density at radius 2 is 1.48 bits per heavy atom. The van der Waals surface area contributed by atoms with Crippen LogP contribution < -0.4 is 4.90 Å². The largest absolute Gasteiger partial charge is 0.367 e. The van der Waals surface area contributed by atoms with Crippen LogP contribution in [0.3, 0.4) is 0 Å². The lowest BCUT2D eigenvalue weighted by atomic mass is 10.2. The molecule has 4 rings (SSSR count). The van der Waals surface area contributed by atoms with E-state index in [9.17, 15) is 17.6 Å². The van der Waals surface area contributed by atoms with Crippen LogP contribution in [0.5, 0.6) is 0 Å². The molecule has 2 saturated heterocycles. The summed E-state index contributed by atoms with van der Waals surface area (Å²) in [6, 6.07) is 6.54. The first kappa shape index (κ1) is 23.8. The zero-order valence-electron chi connectivity index (χ0n) is 19.7. The van der Waals surface area contributed by atoms with Crippen molar-refractivity contribution in [2.45, 2.75) is 44.4 Å². The highest BCUT2D eigenvalue weighted by molar-refractivity contribution is 7.89. The number of amides is 1. The van der Waals surface area contributed by atoms with Crippen molar-refractivity contribution >= 4 is 21.6 Å². The summed E-state index contributed by atoms with van der Waals surface area (Å²) in [6.45, 7) is 6.14. The number of hydrogen-bond acceptors (Lipinski definition) is 4. The van der Waals surface area contributed by atoms with Crippen molar-refractivity contribution in [3.8, 4) is 0 Å². The van der Waals surface area contributed by atoms with Crippen LogP contribution in [-0.4, -0.2) is 67.4 Å². The second-order valence-corrected chi connectivity index (χ2v) is 10.9. The number of benzene rings is 1. The van der Waals surface area contributed by atoms with E-state index in [1.54, 1.807) is 36.7 Å². The zero-order chi connectivity index (χ0) is 23.8. The molecular weight excluding hydrogens is 443 g/mol. The van der Waals surface area contributed by atoms with Crippen molar-refractivity contribution in [2.75, 3.05) is 44.2 Å². The van der Waals surface area contributed by atoms with Gasteiger partial charge in [0.2, 0.25) is 10.0 Å². The predicted octanol–water partition coefficient (Wildman–Crippen LogP) is 3.31. The van der Waals surface area contributed by atoms with Crippen LogP contribution in [0.2, 0.25) is 0 Å². The van der Waals surface area contributed by atoms with Gasteiger partial charge in [-0.1, -0.05) is 25.0 Å². The third kappa shape index (κ3) is 4.40. The molecule has 0 saturated carbocycles. The third-order valence-electron chi connectivity index (χ3n) is 7.06. The number of nitrogens with zero attached hydrogens (tertiary/aromatic N) is 4. The molecule has 0 atom stereocenters. The summed E-state index contributed by atoms with van der Waals surface area (Å²) in [5, 5.41) is 0. The number of sulfonamides is 1. The minimum atomic E-state index is -3.89. The Balaban J connectivity index is 1.62. The Labute approximate surface area is 195 Å². The molecule has 2 fully saturated rings. The van der Waals surface area contributed by atoms with Crippen LogP contribution in [0, 0.1) is 19.7 Å². The van der Waals surface area contributed by atoms with Crippen LogP contribution in [0.4, 0.5) is 10.1 Å². The number of rotatable bonds is 4. The normalized spacial score (nSPS) is 18.4. The lowest BCUT2D eigenvalue weighted by molar-refractivity contribution is 0.0757. The van der Waals surface area contributed by atoms with Crippen molar-refractivity contribution < 1.29 is 17.6 Å². The van der Waals surface area contributed by atoms with E-state index < -0.39 is 10.0 Å². The van der Waals surface area contributed by atoms with Gasteiger partial charge in [0.05, 0.1) is 11.3 Å². The number of carbonyl (C=O) groups is 1. The first-order chi connectivity index (χ1) is 15.7. The maximum atomic E-state index is 14.2. The quantitative estimate of drug-likeness (QED) is 0.679. The maximum absolute atomic E-state index is 14.2. The Morgan fingerprint density at radius 1 is 0.879 bits per heavy atom. The molecule has 0 unspecified atom stereocenters. The Kier molecular flexibility index (Phi) is 6.81. The number of halogens is 1. The van der Waals surface area contributed by atoms with E-state index in [4.69, 9.17) is 0 Å². The summed E-state index contributed by atoms with van der Waals surface area (Å²) in [5.74, 6) is -0.504. The minimum Gasteiger partial charge on any atom is -0.367 e. The molecule has 0 bridgehead atoms. The number of carbonyl (C=O) groups excluding carboxylic acids is 1. The third-order valence-corrected chi connectivity index (χ3v) is 9.12. The van der Waals surface area contributed by atoms with Gasteiger partial charge >= 0.3 is 0 Å². The smallest absolute Gasteiger partial charge is 0.257 e. The van der Waals surface area contributed by atoms with Crippen LogP contribution in [0.1, 0.15) is 47.4 Å². The molecule has 2 aliphatic heterocycles. The van der Waals surface area contributed by atoms with Crippen molar-refractivity contribution in [3.63, 3.8) is 0 Å². The first-order valence-electron chi connectivity index (χ1n) is 11.7. The lowest BCUT2D eigenvalue weighted by Gasteiger charge is -2.35. The Bertz CT molecular complexity index is 1130. The SMILES string of the molecule is Cc1c(C(=O)N2CCCCCC2)c(S(=O)(=O)N2CCN(c3ccccc3F)CC2)c(C)n1C. The average molecular weight is 477 g/mol. The molecule has 1 aromatic carbocycles. The van der Waals surface area contributed by atoms with E-state index >= 15 is 0 Å². The summed E-state index contributed by atoms with van der Waals surface area (Å²) in [7, 11) is -2.08. The summed E-state index contributed by atoms with van der Waals surface area (Å²) in [5.41, 5.74) is 2.03. The van der Waals surface area contributed by atoms with Gasteiger partial charge in [-0.25, -0.2) is 12.8 Å². The number of aromatic nitrogens is 1. The van der Waals surface area contributed by atoms with Crippen molar-refractivity contribution in [1.82, 2.24) is 13.8 Å². The number of piperazine rings is 1. The average Bonchev–Trinajstić information content (AvgIpc) is 3.00. The van der Waals surface area contributed by atoms with Crippen molar-refractivity contribution in [1.29, 1.82) is 0 Å². The zero-order valence-corrected chi connectivity index (χ0v) is 20.5. The fraction of sp³-hybridized carbons (Fsp3) is 0.542. The topological polar surface area (TPSA) is 65.9 Å². The monoisotopic (exact) mass is 476 g/mol. The standard InChI is InChI=1S/C24H33FN4O3S/c1-18-22(24(30)28-12-8-4-5-9-13-28)23(19(2)26(18)3)33(31,32)29-16-14-27(15-17-29)21-11-7-6-10-20(21)25/h6-7,10-11H,4-5,8-9,12-17H2,1-3H3. The number of hydrogen-bond donors (Lipinski definition) is 0. The van der Waals surface area contributed by atoms with Crippen LogP contribution in [-0.2, 0) is 17.1 Å². The van der Waals surface area contributed by atoms with Gasteiger partial charge in [-0.15, -0.1) is 0 Å². The van der Waals surface area contributed by atoms with Gasteiger partial charge in [0, 0.05) is 57.7 Å². The molecule has 2 aromatic rings. The highest BCUT2D eigenvalue weighted by Gasteiger charge is 2.37. The highest BCUT2D eigenvalue weighted by atomic mass is 32.2. The molecule has 3 heterocycles. The molecule has 0 N–H and O–H groups in total. The van der Waals surface area contributed by atoms with Crippen LogP contribution in [0.25, 0.3) is 0 Å². The predicted molar refractivity (Wildman–Crippen MR) is 127 cm³/mol. The van der Waals surface area contributed by atoms with Gasteiger partial charge in [-0.2, -0.15) is 4.31 Å². The number of para-hydroxylation sites is 1. The Morgan fingerprint density at radius 3 is 2.09 bits per heavy atom. The van der Waals surface area contributed by atoms with E-state index in [0.717, 1.165) is 25.7 Å². The van der Waals surface area contributed by atoms with Gasteiger partial charge in [-0.05, 0) is 38.8 Å². The number of likely N-dealkylation sites (tertiary alicyclic amines) is 1. The molecule has 1 aromatic heterocycles. The number of anilines is 1. The van der Waals surface area contributed by atoms with E-state index in [1.165, 1.54) is 10.4 Å². The van der Waals surface area contributed by atoms with Crippen molar-refractivity contribution in [3.05, 3.63) is 47.0 Å². The molecule has 2 aliphatic rings. The summed E-state index contributed by atoms with van der Waals surface area (Å²) < 4.78 is 45.1. The lowest BCUT2D eigenvalue weighted by Crippen LogP contribution is -2.49. The first-order valence-corrected chi connectivity index (χ1v) is 13.1.